The van der Waals surface area contributed by atoms with E-state index in [0.29, 0.717) is 17.1 Å². The Hall–Kier alpha value is -2.15. The summed E-state index contributed by atoms with van der Waals surface area (Å²) in [5, 5.41) is 1.61. The maximum absolute atomic E-state index is 13.0. The molecule has 0 aromatic heterocycles. The fraction of sp³-hybridized carbons (Fsp3) is 0.318. The maximum atomic E-state index is 13.0. The smallest absolute Gasteiger partial charge is 0.257 e. The molecule has 3 rings (SSSR count). The number of nitrogens with zero attached hydrogens (tertiary/aromatic N) is 1. The molecular formula is C22H25ClN2O3S. The lowest BCUT2D eigenvalue weighted by Gasteiger charge is -2.27. The average Bonchev–Trinajstić information content (AvgIpc) is 3.13. The fourth-order valence-corrected chi connectivity index (χ4v) is 4.76. The molecule has 154 valence electrons. The van der Waals surface area contributed by atoms with Crippen molar-refractivity contribution in [3.8, 4) is 0 Å². The number of carbonyl (C=O) groups excluding carboxylic acids is 1. The third kappa shape index (κ3) is 4.39. The Bertz CT molecular complexity index is 1050. The van der Waals surface area contributed by atoms with Gasteiger partial charge in [0.25, 0.3) is 10.0 Å². The van der Waals surface area contributed by atoms with E-state index < -0.39 is 10.0 Å². The highest BCUT2D eigenvalue weighted by Gasteiger charge is 2.26. The summed E-state index contributed by atoms with van der Waals surface area (Å²) in [6, 6.07) is 8.54. The maximum Gasteiger partial charge on any atom is 0.257 e. The molecule has 1 amide bonds. The highest BCUT2D eigenvalue weighted by atomic mass is 35.5. The predicted octanol–water partition coefficient (Wildman–Crippen LogP) is 5.01. The standard InChI is InChI=1S/C22H25ClN2O3S/c1-14(2)20-11-18(23)12-21(15(3)4)22(20)25(13-26)24-29(27,28)19-9-8-16-6-5-7-17(16)10-19/h5,7-15,24H,6H2,1-4H3. The van der Waals surface area contributed by atoms with E-state index in [-0.39, 0.29) is 16.7 Å². The van der Waals surface area contributed by atoms with Crippen LogP contribution in [-0.4, -0.2) is 14.8 Å². The van der Waals surface area contributed by atoms with Gasteiger partial charge in [-0.2, -0.15) is 0 Å². The Kier molecular flexibility index (Phi) is 6.17. The van der Waals surface area contributed by atoms with E-state index in [9.17, 15) is 13.2 Å². The van der Waals surface area contributed by atoms with Crippen LogP contribution in [0.1, 0.15) is 61.8 Å². The molecule has 0 unspecified atom stereocenters. The second-order valence-corrected chi connectivity index (χ2v) is 9.88. The zero-order chi connectivity index (χ0) is 21.3. The number of hydrogen-bond donors (Lipinski definition) is 1. The highest BCUT2D eigenvalue weighted by Crippen LogP contribution is 2.37. The van der Waals surface area contributed by atoms with Gasteiger partial charge in [-0.05, 0) is 64.8 Å². The van der Waals surface area contributed by atoms with E-state index >= 15 is 0 Å². The normalized spacial score (nSPS) is 13.2. The highest BCUT2D eigenvalue weighted by molar-refractivity contribution is 7.89. The summed E-state index contributed by atoms with van der Waals surface area (Å²) in [5.41, 5.74) is 4.08. The number of allylic oxidation sites excluding steroid dienone is 1. The molecule has 2 aromatic carbocycles. The number of benzene rings is 2. The van der Waals surface area contributed by atoms with Crippen molar-refractivity contribution < 1.29 is 13.2 Å². The first-order valence-electron chi connectivity index (χ1n) is 9.53. The zero-order valence-electron chi connectivity index (χ0n) is 16.9. The largest absolute Gasteiger partial charge is 0.277 e. The molecule has 0 radical (unpaired) electrons. The van der Waals surface area contributed by atoms with Gasteiger partial charge in [0.2, 0.25) is 6.41 Å². The van der Waals surface area contributed by atoms with Crippen molar-refractivity contribution in [2.45, 2.75) is 50.8 Å². The third-order valence-corrected chi connectivity index (χ3v) is 6.54. The number of hydrazine groups is 1. The molecule has 0 atom stereocenters. The van der Waals surface area contributed by atoms with Crippen LogP contribution in [0, 0.1) is 0 Å². The summed E-state index contributed by atoms with van der Waals surface area (Å²) < 4.78 is 26.1. The SMILES string of the molecule is CC(C)c1cc(Cl)cc(C(C)C)c1N(C=O)NS(=O)(=O)c1ccc2c(c1)C=CC2. The minimum atomic E-state index is -3.96. The number of amides is 1. The number of hydrogen-bond acceptors (Lipinski definition) is 3. The van der Waals surface area contributed by atoms with Crippen molar-refractivity contribution in [1.29, 1.82) is 0 Å². The van der Waals surface area contributed by atoms with Crippen LogP contribution in [0.5, 0.6) is 0 Å². The lowest BCUT2D eigenvalue weighted by Crippen LogP contribution is -2.42. The average molecular weight is 433 g/mol. The Morgan fingerprint density at radius 1 is 1.07 bits per heavy atom. The first-order valence-corrected chi connectivity index (χ1v) is 11.4. The molecule has 0 aliphatic heterocycles. The van der Waals surface area contributed by atoms with E-state index in [1.54, 1.807) is 30.3 Å². The van der Waals surface area contributed by atoms with Crippen molar-refractivity contribution >= 4 is 39.8 Å². The molecule has 0 heterocycles. The van der Waals surface area contributed by atoms with Crippen molar-refractivity contribution in [3.05, 3.63) is 63.7 Å². The van der Waals surface area contributed by atoms with Crippen molar-refractivity contribution in [2.24, 2.45) is 0 Å². The molecule has 2 aromatic rings. The number of anilines is 1. The third-order valence-electron chi connectivity index (χ3n) is 5.01. The number of halogens is 1. The molecule has 1 aliphatic rings. The van der Waals surface area contributed by atoms with Crippen LogP contribution >= 0.6 is 11.6 Å². The Balaban J connectivity index is 2.06. The van der Waals surface area contributed by atoms with Crippen molar-refractivity contribution in [3.63, 3.8) is 0 Å². The molecule has 0 saturated carbocycles. The number of fused-ring (bicyclic) bond motifs is 1. The van der Waals surface area contributed by atoms with Gasteiger partial charge in [-0.25, -0.2) is 13.4 Å². The van der Waals surface area contributed by atoms with Crippen LogP contribution in [0.15, 0.2) is 41.3 Å². The van der Waals surface area contributed by atoms with E-state index in [0.717, 1.165) is 33.7 Å². The molecule has 29 heavy (non-hydrogen) atoms. The molecule has 1 aliphatic carbocycles. The van der Waals surface area contributed by atoms with Gasteiger partial charge in [-0.3, -0.25) is 4.79 Å². The summed E-state index contributed by atoms with van der Waals surface area (Å²) in [6.07, 6.45) is 5.18. The summed E-state index contributed by atoms with van der Waals surface area (Å²) in [6.45, 7) is 7.90. The molecule has 0 bridgehead atoms. The first kappa shape index (κ1) is 21.6. The molecule has 0 saturated heterocycles. The van der Waals surface area contributed by atoms with E-state index in [2.05, 4.69) is 4.83 Å². The summed E-state index contributed by atoms with van der Waals surface area (Å²) >= 11 is 6.29. The van der Waals surface area contributed by atoms with Gasteiger partial charge in [-0.15, -0.1) is 4.83 Å². The van der Waals surface area contributed by atoms with Crippen LogP contribution in [-0.2, 0) is 21.2 Å². The van der Waals surface area contributed by atoms with Crippen LogP contribution in [0.25, 0.3) is 6.08 Å². The predicted molar refractivity (Wildman–Crippen MR) is 118 cm³/mol. The molecule has 0 fully saturated rings. The molecule has 5 nitrogen and oxygen atoms in total. The van der Waals surface area contributed by atoms with Gasteiger partial charge in [0.1, 0.15) is 0 Å². The lowest BCUT2D eigenvalue weighted by atomic mass is 9.92. The lowest BCUT2D eigenvalue weighted by molar-refractivity contribution is -0.107. The minimum absolute atomic E-state index is 0.0401. The van der Waals surface area contributed by atoms with Gasteiger partial charge in [0.05, 0.1) is 10.6 Å². The van der Waals surface area contributed by atoms with E-state index in [1.807, 2.05) is 39.8 Å². The second-order valence-electron chi connectivity index (χ2n) is 7.78. The van der Waals surface area contributed by atoms with Gasteiger partial charge in [0, 0.05) is 5.02 Å². The molecule has 1 N–H and O–H groups in total. The van der Waals surface area contributed by atoms with Gasteiger partial charge < -0.3 is 0 Å². The Morgan fingerprint density at radius 3 is 2.24 bits per heavy atom. The molecular weight excluding hydrogens is 408 g/mol. The quantitative estimate of drug-likeness (QED) is 0.493. The van der Waals surface area contributed by atoms with Crippen LogP contribution < -0.4 is 9.84 Å². The fourth-order valence-electron chi connectivity index (χ4n) is 3.50. The number of nitrogens with one attached hydrogen (secondary N) is 1. The Labute approximate surface area is 177 Å². The molecule has 7 heteroatoms. The molecule has 0 spiro atoms. The van der Waals surface area contributed by atoms with E-state index in [4.69, 9.17) is 11.6 Å². The van der Waals surface area contributed by atoms with Crippen LogP contribution in [0.2, 0.25) is 5.02 Å². The van der Waals surface area contributed by atoms with E-state index in [1.165, 1.54) is 0 Å². The van der Waals surface area contributed by atoms with Crippen LogP contribution in [0.4, 0.5) is 5.69 Å². The zero-order valence-corrected chi connectivity index (χ0v) is 18.5. The first-order chi connectivity index (χ1) is 13.6. The van der Waals surface area contributed by atoms with Gasteiger partial charge >= 0.3 is 0 Å². The van der Waals surface area contributed by atoms with Crippen molar-refractivity contribution in [2.75, 3.05) is 5.01 Å². The topological polar surface area (TPSA) is 66.5 Å². The summed E-state index contributed by atoms with van der Waals surface area (Å²) in [4.78, 5) is 14.6. The number of carbonyl (C=O) groups is 1. The van der Waals surface area contributed by atoms with Gasteiger partial charge in [0.15, 0.2) is 0 Å². The number of sulfonamides is 1. The Morgan fingerprint density at radius 2 is 1.69 bits per heavy atom. The number of rotatable bonds is 7. The van der Waals surface area contributed by atoms with Gasteiger partial charge in [-0.1, -0.05) is 57.5 Å². The summed E-state index contributed by atoms with van der Waals surface area (Å²) in [7, 11) is -3.96. The second kappa shape index (κ2) is 8.30. The van der Waals surface area contributed by atoms with Crippen molar-refractivity contribution in [1.82, 2.24) is 4.83 Å². The summed E-state index contributed by atoms with van der Waals surface area (Å²) in [5.74, 6) is 0.0802. The van der Waals surface area contributed by atoms with Crippen LogP contribution in [0.3, 0.4) is 0 Å². The minimum Gasteiger partial charge on any atom is -0.277 e. The monoisotopic (exact) mass is 432 g/mol.